The summed E-state index contributed by atoms with van der Waals surface area (Å²) in [5.41, 5.74) is 5.28. The summed E-state index contributed by atoms with van der Waals surface area (Å²) in [6, 6.07) is 0.372. The van der Waals surface area contributed by atoms with Gasteiger partial charge in [-0.25, -0.2) is 0 Å². The number of aliphatic imine (C=N–C) groups is 1. The van der Waals surface area contributed by atoms with Crippen LogP contribution >= 0.6 is 0 Å². The van der Waals surface area contributed by atoms with Gasteiger partial charge in [0.25, 0.3) is 0 Å². The smallest absolute Gasteiger partial charge is 0.0591 e. The molecule has 3 N–H and O–H groups in total. The molecular formula is C7H17N3. The maximum Gasteiger partial charge on any atom is 0.0591 e. The van der Waals surface area contributed by atoms with Gasteiger partial charge in [-0.2, -0.15) is 0 Å². The largest absolute Gasteiger partial charge is 0.330 e. The van der Waals surface area contributed by atoms with Gasteiger partial charge < -0.3 is 11.1 Å². The van der Waals surface area contributed by atoms with E-state index in [0.717, 1.165) is 13.0 Å². The number of nitrogens with two attached hydrogens (primary N) is 1. The van der Waals surface area contributed by atoms with Gasteiger partial charge in [0.15, 0.2) is 0 Å². The molecular weight excluding hydrogens is 126 g/mol. The molecule has 0 spiro atoms. The molecule has 0 heterocycles. The van der Waals surface area contributed by atoms with Crippen LogP contribution in [0.5, 0.6) is 0 Å². The van der Waals surface area contributed by atoms with E-state index in [1.165, 1.54) is 0 Å². The maximum atomic E-state index is 5.28. The molecule has 0 aromatic heterocycles. The Kier molecular flexibility index (Phi) is 6.43. The molecule has 0 bridgehead atoms. The van der Waals surface area contributed by atoms with Crippen molar-refractivity contribution in [3.8, 4) is 0 Å². The van der Waals surface area contributed by atoms with E-state index >= 15 is 0 Å². The van der Waals surface area contributed by atoms with Crippen LogP contribution in [-0.4, -0.2) is 32.4 Å². The monoisotopic (exact) mass is 143 g/mol. The van der Waals surface area contributed by atoms with Crippen molar-refractivity contribution in [1.82, 2.24) is 5.32 Å². The molecule has 60 valence electrons. The zero-order valence-corrected chi connectivity index (χ0v) is 6.80. The third-order valence-electron chi connectivity index (χ3n) is 1.16. The lowest BCUT2D eigenvalue weighted by molar-refractivity contribution is 0.668. The first-order valence-corrected chi connectivity index (χ1v) is 3.67. The molecule has 0 rings (SSSR count). The molecule has 10 heavy (non-hydrogen) atoms. The maximum absolute atomic E-state index is 5.28. The Labute approximate surface area is 62.7 Å². The van der Waals surface area contributed by atoms with Crippen molar-refractivity contribution < 1.29 is 0 Å². The van der Waals surface area contributed by atoms with Crippen molar-refractivity contribution in [2.24, 2.45) is 10.7 Å². The summed E-state index contributed by atoms with van der Waals surface area (Å²) in [6.45, 7) is 3.69. The highest BCUT2D eigenvalue weighted by atomic mass is 14.9. The van der Waals surface area contributed by atoms with E-state index in [1.807, 2.05) is 13.3 Å². The second-order valence-electron chi connectivity index (χ2n) is 2.32. The zero-order chi connectivity index (χ0) is 7.82. The molecule has 0 aromatic rings. The van der Waals surface area contributed by atoms with Crippen LogP contribution in [0.15, 0.2) is 4.99 Å². The molecule has 0 saturated carbocycles. The van der Waals surface area contributed by atoms with Gasteiger partial charge in [-0.05, 0) is 26.9 Å². The van der Waals surface area contributed by atoms with Crippen molar-refractivity contribution in [3.05, 3.63) is 0 Å². The summed E-state index contributed by atoms with van der Waals surface area (Å²) in [4.78, 5) is 4.24. The number of rotatable bonds is 5. The predicted molar refractivity (Wildman–Crippen MR) is 45.6 cm³/mol. The van der Waals surface area contributed by atoms with E-state index in [0.29, 0.717) is 12.6 Å². The normalized spacial score (nSPS) is 14.3. The molecule has 0 aliphatic rings. The Bertz CT molecular complexity index is 90.9. The van der Waals surface area contributed by atoms with Crippen LogP contribution in [0.1, 0.15) is 13.3 Å². The quantitative estimate of drug-likeness (QED) is 0.533. The van der Waals surface area contributed by atoms with Crippen LogP contribution in [-0.2, 0) is 0 Å². The van der Waals surface area contributed by atoms with E-state index in [1.54, 1.807) is 0 Å². The fourth-order valence-electron chi connectivity index (χ4n) is 0.677. The van der Waals surface area contributed by atoms with Gasteiger partial charge in [0.1, 0.15) is 0 Å². The number of likely N-dealkylation sites (N-methyl/N-ethyl adjacent to an activating group) is 1. The molecule has 0 saturated heterocycles. The highest BCUT2D eigenvalue weighted by Gasteiger charge is 1.91. The average molecular weight is 143 g/mol. The molecule has 0 fully saturated rings. The lowest BCUT2D eigenvalue weighted by atomic mass is 10.3. The highest BCUT2D eigenvalue weighted by Crippen LogP contribution is 1.84. The Morgan fingerprint density at radius 3 is 2.90 bits per heavy atom. The average Bonchev–Trinajstić information content (AvgIpc) is 1.89. The van der Waals surface area contributed by atoms with E-state index in [9.17, 15) is 0 Å². The van der Waals surface area contributed by atoms with Crippen LogP contribution in [0, 0.1) is 0 Å². The second kappa shape index (κ2) is 6.71. The van der Waals surface area contributed by atoms with Crippen LogP contribution in [0.25, 0.3) is 0 Å². The van der Waals surface area contributed by atoms with Crippen molar-refractivity contribution in [2.75, 3.05) is 20.1 Å². The van der Waals surface area contributed by atoms with Gasteiger partial charge in [-0.15, -0.1) is 0 Å². The number of nitrogens with zero attached hydrogens (tertiary/aromatic N) is 1. The predicted octanol–water partition coefficient (Wildman–Crippen LogP) is 0.0139. The van der Waals surface area contributed by atoms with Crippen molar-refractivity contribution in [3.63, 3.8) is 0 Å². The number of hydrogen-bond donors (Lipinski definition) is 2. The van der Waals surface area contributed by atoms with Crippen molar-refractivity contribution in [1.29, 1.82) is 0 Å². The third kappa shape index (κ3) is 5.72. The third-order valence-corrected chi connectivity index (χ3v) is 1.16. The summed E-state index contributed by atoms with van der Waals surface area (Å²) in [5, 5.41) is 3.05. The molecule has 0 aromatic carbocycles. The van der Waals surface area contributed by atoms with Gasteiger partial charge >= 0.3 is 0 Å². The molecule has 0 aliphatic heterocycles. The molecule has 0 amide bonds. The first-order valence-electron chi connectivity index (χ1n) is 3.67. The SMILES string of the molecule is CNC[C@H](C)/N=C/CCN. The van der Waals surface area contributed by atoms with E-state index in [4.69, 9.17) is 5.73 Å². The summed E-state index contributed by atoms with van der Waals surface area (Å²) in [5.74, 6) is 0. The Morgan fingerprint density at radius 2 is 2.40 bits per heavy atom. The Balaban J connectivity index is 3.26. The molecule has 1 atom stereocenters. The van der Waals surface area contributed by atoms with Crippen molar-refractivity contribution in [2.45, 2.75) is 19.4 Å². The van der Waals surface area contributed by atoms with Crippen LogP contribution in [0.3, 0.4) is 0 Å². The summed E-state index contributed by atoms with van der Waals surface area (Å²) in [7, 11) is 1.93. The Morgan fingerprint density at radius 1 is 1.70 bits per heavy atom. The van der Waals surface area contributed by atoms with Gasteiger partial charge in [-0.1, -0.05) is 0 Å². The molecule has 3 nitrogen and oxygen atoms in total. The van der Waals surface area contributed by atoms with Crippen LogP contribution in [0.4, 0.5) is 0 Å². The van der Waals surface area contributed by atoms with E-state index < -0.39 is 0 Å². The van der Waals surface area contributed by atoms with Gasteiger partial charge in [0.2, 0.25) is 0 Å². The topological polar surface area (TPSA) is 50.4 Å². The lowest BCUT2D eigenvalue weighted by Gasteiger charge is -2.02. The Hall–Kier alpha value is -0.410. The standard InChI is InChI=1S/C7H17N3/c1-7(6-9-2)10-5-3-4-8/h5,7,9H,3-4,6,8H2,1-2H3/b10-5+/t7-/m0/s1. The minimum absolute atomic E-state index is 0.372. The molecule has 3 heteroatoms. The van der Waals surface area contributed by atoms with Crippen LogP contribution in [0.2, 0.25) is 0 Å². The highest BCUT2D eigenvalue weighted by molar-refractivity contribution is 5.57. The lowest BCUT2D eigenvalue weighted by Crippen LogP contribution is -2.19. The first kappa shape index (κ1) is 9.59. The van der Waals surface area contributed by atoms with Crippen molar-refractivity contribution >= 4 is 6.21 Å². The van der Waals surface area contributed by atoms with Gasteiger partial charge in [-0.3, -0.25) is 4.99 Å². The fraction of sp³-hybridized carbons (Fsp3) is 0.857. The molecule has 0 unspecified atom stereocenters. The van der Waals surface area contributed by atoms with E-state index in [2.05, 4.69) is 17.2 Å². The molecule has 0 aliphatic carbocycles. The fourth-order valence-corrected chi connectivity index (χ4v) is 0.677. The second-order valence-corrected chi connectivity index (χ2v) is 2.32. The van der Waals surface area contributed by atoms with Gasteiger partial charge in [0, 0.05) is 12.8 Å². The number of nitrogens with one attached hydrogen (secondary N) is 1. The minimum atomic E-state index is 0.372. The minimum Gasteiger partial charge on any atom is -0.330 e. The zero-order valence-electron chi connectivity index (χ0n) is 6.80. The van der Waals surface area contributed by atoms with Gasteiger partial charge in [0.05, 0.1) is 6.04 Å². The summed E-state index contributed by atoms with van der Waals surface area (Å²) >= 11 is 0. The van der Waals surface area contributed by atoms with Crippen LogP contribution < -0.4 is 11.1 Å². The first-order chi connectivity index (χ1) is 4.81. The summed E-state index contributed by atoms with van der Waals surface area (Å²) < 4.78 is 0. The van der Waals surface area contributed by atoms with E-state index in [-0.39, 0.29) is 0 Å². The summed E-state index contributed by atoms with van der Waals surface area (Å²) in [6.07, 6.45) is 2.77. The molecule has 0 radical (unpaired) electrons. The number of hydrogen-bond acceptors (Lipinski definition) is 3.